The fourth-order valence-corrected chi connectivity index (χ4v) is 2.52. The Bertz CT molecular complexity index is 946. The molecular weight excluding hydrogens is 322 g/mol. The van der Waals surface area contributed by atoms with Gasteiger partial charge in [-0.1, -0.05) is 30.3 Å². The van der Waals surface area contributed by atoms with E-state index in [-0.39, 0.29) is 18.0 Å². The molecule has 0 unspecified atom stereocenters. The Kier molecular flexibility index (Phi) is 4.90. The van der Waals surface area contributed by atoms with Crippen molar-refractivity contribution in [2.45, 2.75) is 13.5 Å². The molecule has 0 aliphatic carbocycles. The predicted molar refractivity (Wildman–Crippen MR) is 92.3 cm³/mol. The predicted octanol–water partition coefficient (Wildman–Crippen LogP) is 0.629. The first-order valence-electron chi connectivity index (χ1n) is 7.88. The van der Waals surface area contributed by atoms with Crippen molar-refractivity contribution >= 4 is 11.4 Å². The number of ether oxygens (including phenoxy) is 1. The standard InChI is InChI=1S/C17H19N5O3/c1-12-19-21(11-16(23)18-8-9-25-2)17(24)15-10-14(20-22(12)15)13-6-4-3-5-7-13/h3-7,10H,8-9,11H2,1-2H3,(H,18,23). The van der Waals surface area contributed by atoms with E-state index in [2.05, 4.69) is 15.5 Å². The third kappa shape index (κ3) is 3.58. The van der Waals surface area contributed by atoms with Crippen LogP contribution in [-0.2, 0) is 16.1 Å². The monoisotopic (exact) mass is 341 g/mol. The molecule has 8 nitrogen and oxygen atoms in total. The van der Waals surface area contributed by atoms with Crippen LogP contribution in [0.5, 0.6) is 0 Å². The van der Waals surface area contributed by atoms with E-state index >= 15 is 0 Å². The molecule has 3 aromatic rings. The number of nitrogens with zero attached hydrogens (tertiary/aromatic N) is 4. The van der Waals surface area contributed by atoms with Gasteiger partial charge in [-0.25, -0.2) is 9.20 Å². The number of methoxy groups -OCH3 is 1. The van der Waals surface area contributed by atoms with E-state index in [1.165, 1.54) is 4.52 Å². The highest BCUT2D eigenvalue weighted by Gasteiger charge is 2.14. The van der Waals surface area contributed by atoms with Crippen LogP contribution in [0.15, 0.2) is 41.2 Å². The zero-order valence-electron chi connectivity index (χ0n) is 14.1. The molecule has 0 saturated carbocycles. The van der Waals surface area contributed by atoms with Crippen LogP contribution in [-0.4, -0.2) is 45.6 Å². The molecule has 0 bridgehead atoms. The summed E-state index contributed by atoms with van der Waals surface area (Å²) in [6.45, 7) is 2.39. The number of hydrogen-bond acceptors (Lipinski definition) is 5. The number of benzene rings is 1. The molecule has 1 aromatic carbocycles. The van der Waals surface area contributed by atoms with Crippen molar-refractivity contribution in [3.8, 4) is 11.3 Å². The molecule has 2 aromatic heterocycles. The summed E-state index contributed by atoms with van der Waals surface area (Å²) in [5, 5.41) is 11.3. The van der Waals surface area contributed by atoms with Gasteiger partial charge in [-0.2, -0.15) is 10.2 Å². The lowest BCUT2D eigenvalue weighted by molar-refractivity contribution is -0.122. The number of hydrogen-bond donors (Lipinski definition) is 1. The van der Waals surface area contributed by atoms with Crippen LogP contribution < -0.4 is 10.9 Å². The van der Waals surface area contributed by atoms with Crippen LogP contribution in [0.25, 0.3) is 16.8 Å². The summed E-state index contributed by atoms with van der Waals surface area (Å²) in [4.78, 5) is 24.6. The van der Waals surface area contributed by atoms with Gasteiger partial charge in [0.1, 0.15) is 17.9 Å². The van der Waals surface area contributed by atoms with E-state index in [1.54, 1.807) is 20.1 Å². The first-order chi connectivity index (χ1) is 12.1. The molecule has 0 radical (unpaired) electrons. The SMILES string of the molecule is COCCNC(=O)Cn1nc(C)n2nc(-c3ccccc3)cc2c1=O. The molecular formula is C17H19N5O3. The molecule has 0 aliphatic rings. The topological polar surface area (TPSA) is 90.5 Å². The minimum absolute atomic E-state index is 0.147. The fraction of sp³-hybridized carbons (Fsp3) is 0.294. The van der Waals surface area contributed by atoms with Gasteiger partial charge in [0.25, 0.3) is 5.56 Å². The summed E-state index contributed by atoms with van der Waals surface area (Å²) in [6.07, 6.45) is 0. The van der Waals surface area contributed by atoms with Crippen LogP contribution >= 0.6 is 0 Å². The Balaban J connectivity index is 1.93. The quantitative estimate of drug-likeness (QED) is 0.664. The summed E-state index contributed by atoms with van der Waals surface area (Å²) in [5.74, 6) is 0.236. The Morgan fingerprint density at radius 2 is 2.00 bits per heavy atom. The van der Waals surface area contributed by atoms with Gasteiger partial charge in [-0.3, -0.25) is 9.59 Å². The van der Waals surface area contributed by atoms with Crippen LogP contribution in [0.4, 0.5) is 0 Å². The molecule has 0 fully saturated rings. The van der Waals surface area contributed by atoms with E-state index in [9.17, 15) is 9.59 Å². The lowest BCUT2D eigenvalue weighted by Gasteiger charge is -2.07. The second-order valence-electron chi connectivity index (χ2n) is 5.55. The van der Waals surface area contributed by atoms with Crippen molar-refractivity contribution in [3.05, 3.63) is 52.6 Å². The van der Waals surface area contributed by atoms with Crippen molar-refractivity contribution in [1.29, 1.82) is 0 Å². The fourth-order valence-electron chi connectivity index (χ4n) is 2.52. The van der Waals surface area contributed by atoms with Crippen LogP contribution in [0.1, 0.15) is 5.82 Å². The van der Waals surface area contributed by atoms with Crippen molar-refractivity contribution in [2.75, 3.05) is 20.3 Å². The molecule has 2 heterocycles. The van der Waals surface area contributed by atoms with Crippen molar-refractivity contribution < 1.29 is 9.53 Å². The maximum Gasteiger partial charge on any atom is 0.293 e. The second-order valence-corrected chi connectivity index (χ2v) is 5.55. The molecule has 1 amide bonds. The maximum absolute atomic E-state index is 12.6. The number of aryl methyl sites for hydroxylation is 1. The highest BCUT2D eigenvalue weighted by atomic mass is 16.5. The maximum atomic E-state index is 12.6. The van der Waals surface area contributed by atoms with Crippen LogP contribution in [0.3, 0.4) is 0 Å². The molecule has 0 spiro atoms. The van der Waals surface area contributed by atoms with Gasteiger partial charge < -0.3 is 10.1 Å². The first kappa shape index (κ1) is 16.8. The van der Waals surface area contributed by atoms with Crippen LogP contribution in [0.2, 0.25) is 0 Å². The largest absolute Gasteiger partial charge is 0.383 e. The lowest BCUT2D eigenvalue weighted by atomic mass is 10.1. The van der Waals surface area contributed by atoms with Crippen molar-refractivity contribution in [1.82, 2.24) is 24.7 Å². The molecule has 0 saturated heterocycles. The number of amides is 1. The molecule has 8 heteroatoms. The van der Waals surface area contributed by atoms with E-state index in [0.29, 0.717) is 30.2 Å². The molecule has 1 N–H and O–H groups in total. The molecule has 3 rings (SSSR count). The number of nitrogens with one attached hydrogen (secondary N) is 1. The average molecular weight is 341 g/mol. The number of rotatable bonds is 6. The Morgan fingerprint density at radius 3 is 2.72 bits per heavy atom. The summed E-state index contributed by atoms with van der Waals surface area (Å²) in [5.41, 5.74) is 1.62. The summed E-state index contributed by atoms with van der Waals surface area (Å²) >= 11 is 0. The summed E-state index contributed by atoms with van der Waals surface area (Å²) in [6, 6.07) is 11.3. The van der Waals surface area contributed by atoms with Gasteiger partial charge >= 0.3 is 0 Å². The molecule has 130 valence electrons. The highest BCUT2D eigenvalue weighted by Crippen LogP contribution is 2.18. The van der Waals surface area contributed by atoms with Crippen LogP contribution in [0, 0.1) is 6.92 Å². The number of carbonyl (C=O) groups excluding carboxylic acids is 1. The normalized spacial score (nSPS) is 11.0. The summed E-state index contributed by atoms with van der Waals surface area (Å²) in [7, 11) is 1.56. The van der Waals surface area contributed by atoms with Crippen molar-refractivity contribution in [3.63, 3.8) is 0 Å². The lowest BCUT2D eigenvalue weighted by Crippen LogP contribution is -2.36. The highest BCUT2D eigenvalue weighted by molar-refractivity contribution is 5.75. The molecule has 0 aliphatic heterocycles. The van der Waals surface area contributed by atoms with Gasteiger partial charge in [-0.05, 0) is 13.0 Å². The zero-order valence-corrected chi connectivity index (χ0v) is 14.1. The van der Waals surface area contributed by atoms with Gasteiger partial charge in [0.15, 0.2) is 0 Å². The van der Waals surface area contributed by atoms with Gasteiger partial charge in [0, 0.05) is 19.2 Å². The Labute approximate surface area is 144 Å². The van der Waals surface area contributed by atoms with Gasteiger partial charge in [0.05, 0.1) is 12.3 Å². The first-order valence-corrected chi connectivity index (χ1v) is 7.88. The third-order valence-corrected chi connectivity index (χ3v) is 3.73. The number of carbonyl (C=O) groups is 1. The van der Waals surface area contributed by atoms with E-state index < -0.39 is 0 Å². The van der Waals surface area contributed by atoms with Gasteiger partial charge in [-0.15, -0.1) is 0 Å². The summed E-state index contributed by atoms with van der Waals surface area (Å²) < 4.78 is 7.54. The minimum Gasteiger partial charge on any atom is -0.383 e. The molecule has 0 atom stereocenters. The second kappa shape index (κ2) is 7.27. The van der Waals surface area contributed by atoms with E-state index in [4.69, 9.17) is 4.74 Å². The van der Waals surface area contributed by atoms with E-state index in [0.717, 1.165) is 10.2 Å². The van der Waals surface area contributed by atoms with Crippen molar-refractivity contribution in [2.24, 2.45) is 0 Å². The Morgan fingerprint density at radius 1 is 1.24 bits per heavy atom. The van der Waals surface area contributed by atoms with E-state index in [1.807, 2.05) is 30.3 Å². The third-order valence-electron chi connectivity index (χ3n) is 3.73. The zero-order chi connectivity index (χ0) is 17.8. The number of fused-ring (bicyclic) bond motifs is 1. The minimum atomic E-state index is -0.359. The average Bonchev–Trinajstić information content (AvgIpc) is 3.07. The molecule has 25 heavy (non-hydrogen) atoms. The Hall–Kier alpha value is -3.00. The number of aromatic nitrogens is 4. The van der Waals surface area contributed by atoms with Gasteiger partial charge in [0.2, 0.25) is 5.91 Å². The smallest absolute Gasteiger partial charge is 0.293 e.